The van der Waals surface area contributed by atoms with E-state index < -0.39 is 16.1 Å². The van der Waals surface area contributed by atoms with Crippen molar-refractivity contribution >= 4 is 21.8 Å². The minimum atomic E-state index is -3.71. The van der Waals surface area contributed by atoms with E-state index in [-0.39, 0.29) is 16.7 Å². The predicted octanol–water partition coefficient (Wildman–Crippen LogP) is 5.08. The number of benzene rings is 1. The van der Waals surface area contributed by atoms with Crippen molar-refractivity contribution in [3.8, 4) is 0 Å². The maximum Gasteiger partial charge on any atom is 0.243 e. The van der Waals surface area contributed by atoms with Crippen molar-refractivity contribution in [2.45, 2.75) is 115 Å². The highest BCUT2D eigenvalue weighted by Gasteiger charge is 2.39. The molecule has 0 saturated carbocycles. The van der Waals surface area contributed by atoms with Crippen LogP contribution in [0.4, 0.5) is 0 Å². The van der Waals surface area contributed by atoms with Crippen LogP contribution >= 0.6 is 0 Å². The summed E-state index contributed by atoms with van der Waals surface area (Å²) in [5.74, 6) is -0.279. The SMILES string of the molecule is CCCCCCCCCCCCNC(=O)CCCNC(=O)[C@@H]1CCCN1S(=O)(=O)c1ccc(C)cc1. The Kier molecular flexibility index (Phi) is 14.1. The number of rotatable bonds is 18. The molecule has 36 heavy (non-hydrogen) atoms. The van der Waals surface area contributed by atoms with Gasteiger partial charge in [0.25, 0.3) is 0 Å². The molecular formula is C28H47N3O4S. The summed E-state index contributed by atoms with van der Waals surface area (Å²) in [5.41, 5.74) is 0.984. The van der Waals surface area contributed by atoms with Crippen LogP contribution in [0, 0.1) is 6.92 Å². The summed E-state index contributed by atoms with van der Waals surface area (Å²) < 4.78 is 27.4. The van der Waals surface area contributed by atoms with E-state index in [4.69, 9.17) is 0 Å². The Morgan fingerprint density at radius 1 is 0.861 bits per heavy atom. The van der Waals surface area contributed by atoms with Gasteiger partial charge in [0.15, 0.2) is 0 Å². The minimum Gasteiger partial charge on any atom is -0.356 e. The summed E-state index contributed by atoms with van der Waals surface area (Å²) in [6, 6.07) is 6.01. The van der Waals surface area contributed by atoms with Crippen LogP contribution in [-0.4, -0.2) is 50.2 Å². The Bertz CT molecular complexity index is 887. The first-order valence-corrected chi connectivity index (χ1v) is 15.4. The van der Waals surface area contributed by atoms with Gasteiger partial charge in [0.2, 0.25) is 21.8 Å². The zero-order chi connectivity index (χ0) is 26.2. The van der Waals surface area contributed by atoms with E-state index in [9.17, 15) is 18.0 Å². The molecule has 0 spiro atoms. The van der Waals surface area contributed by atoms with Crippen LogP contribution in [0.2, 0.25) is 0 Å². The fourth-order valence-corrected chi connectivity index (χ4v) is 6.30. The number of hydrogen-bond acceptors (Lipinski definition) is 4. The molecule has 204 valence electrons. The third-order valence-corrected chi connectivity index (χ3v) is 8.79. The minimum absolute atomic E-state index is 0.00427. The van der Waals surface area contributed by atoms with Crippen LogP contribution in [0.25, 0.3) is 0 Å². The molecule has 0 unspecified atom stereocenters. The zero-order valence-corrected chi connectivity index (χ0v) is 23.2. The van der Waals surface area contributed by atoms with Gasteiger partial charge in [0.1, 0.15) is 6.04 Å². The van der Waals surface area contributed by atoms with Gasteiger partial charge < -0.3 is 10.6 Å². The van der Waals surface area contributed by atoms with Gasteiger partial charge >= 0.3 is 0 Å². The van der Waals surface area contributed by atoms with Crippen LogP contribution in [0.5, 0.6) is 0 Å². The van der Waals surface area contributed by atoms with E-state index >= 15 is 0 Å². The smallest absolute Gasteiger partial charge is 0.243 e. The van der Waals surface area contributed by atoms with Crippen molar-refractivity contribution in [2.24, 2.45) is 0 Å². The fraction of sp³-hybridized carbons (Fsp3) is 0.714. The van der Waals surface area contributed by atoms with Crippen LogP contribution in [-0.2, 0) is 19.6 Å². The molecule has 0 aliphatic carbocycles. The Balaban J connectivity index is 1.56. The van der Waals surface area contributed by atoms with Crippen LogP contribution in [0.15, 0.2) is 29.2 Å². The van der Waals surface area contributed by atoms with Crippen molar-refractivity contribution in [3.05, 3.63) is 29.8 Å². The van der Waals surface area contributed by atoms with Crippen LogP contribution in [0.3, 0.4) is 0 Å². The highest BCUT2D eigenvalue weighted by atomic mass is 32.2. The molecule has 2 rings (SSSR count). The number of sulfonamides is 1. The van der Waals surface area contributed by atoms with Gasteiger partial charge in [-0.1, -0.05) is 82.4 Å². The Morgan fingerprint density at radius 2 is 1.44 bits per heavy atom. The molecule has 1 aliphatic heterocycles. The Hall–Kier alpha value is -1.93. The number of aryl methyl sites for hydroxylation is 1. The number of amides is 2. The van der Waals surface area contributed by atoms with E-state index in [0.29, 0.717) is 45.3 Å². The van der Waals surface area contributed by atoms with Gasteiger partial charge in [-0.25, -0.2) is 8.42 Å². The molecule has 0 aromatic heterocycles. The third-order valence-electron chi connectivity index (χ3n) is 6.87. The standard InChI is InChI=1S/C28H47N3O4S/c1-3-4-5-6-7-8-9-10-11-12-21-29-27(32)16-13-22-30-28(33)26-15-14-23-31(26)36(34,35)25-19-17-24(2)18-20-25/h17-20,26H,3-16,21-23H2,1-2H3,(H,29,32)(H,30,33)/t26-/m0/s1. The Morgan fingerprint density at radius 3 is 2.08 bits per heavy atom. The van der Waals surface area contributed by atoms with Crippen molar-refractivity contribution < 1.29 is 18.0 Å². The highest BCUT2D eigenvalue weighted by Crippen LogP contribution is 2.26. The average Bonchev–Trinajstić information content (AvgIpc) is 3.36. The van der Waals surface area contributed by atoms with Gasteiger partial charge in [0.05, 0.1) is 4.90 Å². The lowest BCUT2D eigenvalue weighted by Gasteiger charge is -2.23. The van der Waals surface area contributed by atoms with E-state index in [0.717, 1.165) is 18.4 Å². The molecule has 2 amide bonds. The monoisotopic (exact) mass is 521 g/mol. The molecule has 0 bridgehead atoms. The lowest BCUT2D eigenvalue weighted by Crippen LogP contribution is -2.46. The number of nitrogens with zero attached hydrogens (tertiary/aromatic N) is 1. The first kappa shape index (κ1) is 30.3. The van der Waals surface area contributed by atoms with Gasteiger partial charge in [-0.15, -0.1) is 0 Å². The summed E-state index contributed by atoms with van der Waals surface area (Å²) in [4.78, 5) is 25.0. The number of carbonyl (C=O) groups is 2. The summed E-state index contributed by atoms with van der Waals surface area (Å²) in [7, 11) is -3.71. The molecule has 8 heteroatoms. The Labute approximate surface area is 218 Å². The topological polar surface area (TPSA) is 95.6 Å². The summed E-state index contributed by atoms with van der Waals surface area (Å²) in [6.07, 6.45) is 14.7. The lowest BCUT2D eigenvalue weighted by molar-refractivity contribution is -0.125. The second-order valence-electron chi connectivity index (χ2n) is 10.0. The van der Waals surface area contributed by atoms with Gasteiger partial charge in [0, 0.05) is 26.1 Å². The summed E-state index contributed by atoms with van der Waals surface area (Å²) in [6.45, 7) is 5.55. The molecule has 1 saturated heterocycles. The molecular weight excluding hydrogens is 474 g/mol. The van der Waals surface area contributed by atoms with Crippen molar-refractivity contribution in [2.75, 3.05) is 19.6 Å². The van der Waals surface area contributed by atoms with Crippen molar-refractivity contribution in [3.63, 3.8) is 0 Å². The van der Waals surface area contributed by atoms with E-state index in [1.165, 1.54) is 55.7 Å². The highest BCUT2D eigenvalue weighted by molar-refractivity contribution is 7.89. The molecule has 1 aromatic carbocycles. The number of carbonyl (C=O) groups excluding carboxylic acids is 2. The summed E-state index contributed by atoms with van der Waals surface area (Å²) >= 11 is 0. The average molecular weight is 522 g/mol. The lowest BCUT2D eigenvalue weighted by atomic mass is 10.1. The largest absolute Gasteiger partial charge is 0.356 e. The van der Waals surface area contributed by atoms with Gasteiger partial charge in [-0.3, -0.25) is 9.59 Å². The quantitative estimate of drug-likeness (QED) is 0.263. The predicted molar refractivity (Wildman–Crippen MR) is 145 cm³/mol. The zero-order valence-electron chi connectivity index (χ0n) is 22.4. The van der Waals surface area contributed by atoms with E-state index in [1.807, 2.05) is 6.92 Å². The first-order chi connectivity index (χ1) is 17.4. The molecule has 1 aromatic rings. The molecule has 1 atom stereocenters. The molecule has 1 aliphatic rings. The number of hydrogen-bond donors (Lipinski definition) is 2. The van der Waals surface area contributed by atoms with Crippen LogP contribution < -0.4 is 10.6 Å². The van der Waals surface area contributed by atoms with Crippen molar-refractivity contribution in [1.29, 1.82) is 0 Å². The number of unbranched alkanes of at least 4 members (excludes halogenated alkanes) is 9. The maximum absolute atomic E-state index is 13.0. The third kappa shape index (κ3) is 10.6. The molecule has 2 N–H and O–H groups in total. The molecule has 1 heterocycles. The van der Waals surface area contributed by atoms with Gasteiger partial charge in [-0.2, -0.15) is 4.31 Å². The molecule has 1 fully saturated rings. The number of nitrogens with one attached hydrogen (secondary N) is 2. The summed E-state index contributed by atoms with van der Waals surface area (Å²) in [5, 5.41) is 5.79. The van der Waals surface area contributed by atoms with Crippen molar-refractivity contribution in [1.82, 2.24) is 14.9 Å². The van der Waals surface area contributed by atoms with E-state index in [2.05, 4.69) is 17.6 Å². The molecule has 0 radical (unpaired) electrons. The fourth-order valence-electron chi connectivity index (χ4n) is 4.64. The van der Waals surface area contributed by atoms with E-state index in [1.54, 1.807) is 24.3 Å². The maximum atomic E-state index is 13.0. The normalized spacial score (nSPS) is 16.2. The first-order valence-electron chi connectivity index (χ1n) is 14.0. The van der Waals surface area contributed by atoms with Gasteiger partial charge in [-0.05, 0) is 44.7 Å². The van der Waals surface area contributed by atoms with Crippen LogP contribution in [0.1, 0.15) is 102 Å². The molecule has 7 nitrogen and oxygen atoms in total. The second kappa shape index (κ2) is 16.7. The second-order valence-corrected chi connectivity index (χ2v) is 11.9.